The number of anilines is 1. The molecule has 2 aromatic rings. The number of carbonyl (C=O) groups is 1. The lowest BCUT2D eigenvalue weighted by atomic mass is 10.1. The Morgan fingerprint density at radius 3 is 2.38 bits per heavy atom. The second kappa shape index (κ2) is 12.9. The Bertz CT molecular complexity index is 979. The number of nitrogens with zero attached hydrogens (tertiary/aromatic N) is 1. The Balaban J connectivity index is 2.16. The summed E-state index contributed by atoms with van der Waals surface area (Å²) in [5.41, 5.74) is 0.983. The highest BCUT2D eigenvalue weighted by atomic mass is 16.5. The summed E-state index contributed by atoms with van der Waals surface area (Å²) in [5, 5.41) is 12.2. The van der Waals surface area contributed by atoms with Crippen LogP contribution in [0.2, 0.25) is 0 Å². The molecule has 0 aliphatic rings. The van der Waals surface area contributed by atoms with Gasteiger partial charge >= 0.3 is 0 Å². The van der Waals surface area contributed by atoms with Gasteiger partial charge in [0, 0.05) is 6.07 Å². The molecule has 1 N–H and O–H groups in total. The predicted molar refractivity (Wildman–Crippen MR) is 124 cm³/mol. The van der Waals surface area contributed by atoms with Crippen molar-refractivity contribution in [1.29, 1.82) is 5.26 Å². The van der Waals surface area contributed by atoms with Gasteiger partial charge in [-0.05, 0) is 42.3 Å². The van der Waals surface area contributed by atoms with Crippen molar-refractivity contribution in [3.8, 4) is 29.1 Å². The number of rotatable bonds is 12. The summed E-state index contributed by atoms with van der Waals surface area (Å²) in [6.45, 7) is 2.78. The van der Waals surface area contributed by atoms with Gasteiger partial charge in [0.1, 0.15) is 23.1 Å². The third-order valence-electron chi connectivity index (χ3n) is 4.77. The molecule has 1 amide bonds. The van der Waals surface area contributed by atoms with Gasteiger partial charge < -0.3 is 24.3 Å². The normalized spacial score (nSPS) is 10.8. The van der Waals surface area contributed by atoms with Crippen molar-refractivity contribution in [1.82, 2.24) is 0 Å². The maximum atomic E-state index is 12.7. The van der Waals surface area contributed by atoms with Crippen molar-refractivity contribution < 1.29 is 23.7 Å². The molecule has 0 aliphatic carbocycles. The molecule has 0 radical (unpaired) electrons. The van der Waals surface area contributed by atoms with E-state index in [0.717, 1.165) is 12.8 Å². The SMILES string of the molecule is CCCCCCOc1ccc(/C=C(\C#N)C(=O)Nc2cc(OC)ccc2OC)cc1OC. The number of hydrogen-bond donors (Lipinski definition) is 1. The minimum atomic E-state index is -0.561. The van der Waals surface area contributed by atoms with Crippen LogP contribution in [0.4, 0.5) is 5.69 Å². The van der Waals surface area contributed by atoms with E-state index < -0.39 is 5.91 Å². The second-order valence-corrected chi connectivity index (χ2v) is 7.01. The van der Waals surface area contributed by atoms with Crippen molar-refractivity contribution >= 4 is 17.7 Å². The van der Waals surface area contributed by atoms with E-state index in [1.54, 1.807) is 43.5 Å². The summed E-state index contributed by atoms with van der Waals surface area (Å²) < 4.78 is 21.7. The largest absolute Gasteiger partial charge is 0.497 e. The minimum absolute atomic E-state index is 0.0647. The van der Waals surface area contributed by atoms with Crippen LogP contribution in [0.3, 0.4) is 0 Å². The molecule has 0 aliphatic heterocycles. The Morgan fingerprint density at radius 2 is 1.72 bits per heavy atom. The molecule has 0 fully saturated rings. The quantitative estimate of drug-likeness (QED) is 0.278. The molecule has 0 heterocycles. The third kappa shape index (κ3) is 6.95. The maximum Gasteiger partial charge on any atom is 0.266 e. The lowest BCUT2D eigenvalue weighted by Gasteiger charge is -2.12. The fourth-order valence-corrected chi connectivity index (χ4v) is 3.02. The molecule has 7 heteroatoms. The average Bonchev–Trinajstić information content (AvgIpc) is 2.82. The number of amides is 1. The Kier molecular flexibility index (Phi) is 9.92. The molecule has 0 unspecified atom stereocenters. The number of unbranched alkanes of at least 4 members (excludes halogenated alkanes) is 3. The molecule has 0 spiro atoms. The van der Waals surface area contributed by atoms with Crippen LogP contribution in [0.1, 0.15) is 38.2 Å². The van der Waals surface area contributed by atoms with Crippen LogP contribution in [0.5, 0.6) is 23.0 Å². The number of hydrogen-bond acceptors (Lipinski definition) is 6. The fraction of sp³-hybridized carbons (Fsp3) is 0.360. The molecule has 170 valence electrons. The monoisotopic (exact) mass is 438 g/mol. The van der Waals surface area contributed by atoms with Crippen molar-refractivity contribution in [2.75, 3.05) is 33.3 Å². The molecule has 0 atom stereocenters. The van der Waals surface area contributed by atoms with Crippen molar-refractivity contribution in [3.63, 3.8) is 0 Å². The molecular formula is C25H30N2O5. The van der Waals surface area contributed by atoms with E-state index in [0.29, 0.717) is 40.9 Å². The average molecular weight is 439 g/mol. The van der Waals surface area contributed by atoms with Crippen LogP contribution in [-0.2, 0) is 4.79 Å². The summed E-state index contributed by atoms with van der Waals surface area (Å²) in [6.07, 6.45) is 5.95. The van der Waals surface area contributed by atoms with Gasteiger partial charge in [0.2, 0.25) is 0 Å². The van der Waals surface area contributed by atoms with E-state index in [9.17, 15) is 10.1 Å². The Morgan fingerprint density at radius 1 is 0.969 bits per heavy atom. The van der Waals surface area contributed by atoms with Crippen molar-refractivity contribution in [2.24, 2.45) is 0 Å². The molecule has 2 aromatic carbocycles. The Hall–Kier alpha value is -3.66. The number of nitrogens with one attached hydrogen (secondary N) is 1. The smallest absolute Gasteiger partial charge is 0.266 e. The van der Waals surface area contributed by atoms with Crippen LogP contribution < -0.4 is 24.3 Å². The number of ether oxygens (including phenoxy) is 4. The molecule has 32 heavy (non-hydrogen) atoms. The standard InChI is InChI=1S/C25H30N2O5/c1-5-6-7-8-13-32-23-11-9-18(15-24(23)31-4)14-19(17-26)25(28)27-21-16-20(29-2)10-12-22(21)30-3/h9-12,14-16H,5-8,13H2,1-4H3,(H,27,28)/b19-14+. The second-order valence-electron chi connectivity index (χ2n) is 7.01. The Labute approximate surface area is 189 Å². The van der Waals surface area contributed by atoms with Gasteiger partial charge in [0.15, 0.2) is 11.5 Å². The highest BCUT2D eigenvalue weighted by molar-refractivity contribution is 6.10. The van der Waals surface area contributed by atoms with Gasteiger partial charge in [-0.1, -0.05) is 32.3 Å². The zero-order valence-electron chi connectivity index (χ0n) is 19.1. The summed E-state index contributed by atoms with van der Waals surface area (Å²) in [6, 6.07) is 12.3. The number of nitriles is 1. The number of methoxy groups -OCH3 is 3. The highest BCUT2D eigenvalue weighted by Gasteiger charge is 2.14. The number of carbonyl (C=O) groups excluding carboxylic acids is 1. The van der Waals surface area contributed by atoms with E-state index in [-0.39, 0.29) is 5.57 Å². The van der Waals surface area contributed by atoms with Crippen LogP contribution >= 0.6 is 0 Å². The van der Waals surface area contributed by atoms with Crippen LogP contribution in [0, 0.1) is 11.3 Å². The minimum Gasteiger partial charge on any atom is -0.497 e. The molecular weight excluding hydrogens is 408 g/mol. The van der Waals surface area contributed by atoms with Gasteiger partial charge in [0.05, 0.1) is 33.6 Å². The molecule has 7 nitrogen and oxygen atoms in total. The first-order chi connectivity index (χ1) is 15.6. The van der Waals surface area contributed by atoms with E-state index >= 15 is 0 Å². The van der Waals surface area contributed by atoms with E-state index in [1.165, 1.54) is 33.1 Å². The van der Waals surface area contributed by atoms with Gasteiger partial charge in [-0.25, -0.2) is 0 Å². The van der Waals surface area contributed by atoms with Crippen LogP contribution in [0.25, 0.3) is 6.08 Å². The topological polar surface area (TPSA) is 89.8 Å². The zero-order valence-corrected chi connectivity index (χ0v) is 19.1. The molecule has 2 rings (SSSR count). The van der Waals surface area contributed by atoms with Crippen LogP contribution in [0.15, 0.2) is 42.0 Å². The summed E-state index contributed by atoms with van der Waals surface area (Å²) in [7, 11) is 4.58. The first-order valence-electron chi connectivity index (χ1n) is 10.5. The van der Waals surface area contributed by atoms with Crippen molar-refractivity contribution in [2.45, 2.75) is 32.6 Å². The maximum absolute atomic E-state index is 12.7. The first-order valence-corrected chi connectivity index (χ1v) is 10.5. The molecule has 0 saturated carbocycles. The van der Waals surface area contributed by atoms with Gasteiger partial charge in [-0.15, -0.1) is 0 Å². The predicted octanol–water partition coefficient (Wildman–Crippen LogP) is 5.22. The fourth-order valence-electron chi connectivity index (χ4n) is 3.02. The number of benzene rings is 2. The lowest BCUT2D eigenvalue weighted by Crippen LogP contribution is -2.14. The molecule has 0 saturated heterocycles. The molecule has 0 aromatic heterocycles. The summed E-state index contributed by atoms with van der Waals surface area (Å²) >= 11 is 0. The van der Waals surface area contributed by atoms with Crippen molar-refractivity contribution in [3.05, 3.63) is 47.5 Å². The van der Waals surface area contributed by atoms with E-state index in [1.807, 2.05) is 6.07 Å². The summed E-state index contributed by atoms with van der Waals surface area (Å²) in [5.74, 6) is 1.62. The molecule has 0 bridgehead atoms. The zero-order chi connectivity index (χ0) is 23.3. The lowest BCUT2D eigenvalue weighted by molar-refractivity contribution is -0.112. The van der Waals surface area contributed by atoms with E-state index in [2.05, 4.69) is 12.2 Å². The van der Waals surface area contributed by atoms with Gasteiger partial charge in [0.25, 0.3) is 5.91 Å². The van der Waals surface area contributed by atoms with Crippen LogP contribution in [-0.4, -0.2) is 33.8 Å². The summed E-state index contributed by atoms with van der Waals surface area (Å²) in [4.78, 5) is 12.7. The van der Waals surface area contributed by atoms with Gasteiger partial charge in [-0.2, -0.15) is 5.26 Å². The third-order valence-corrected chi connectivity index (χ3v) is 4.77. The van der Waals surface area contributed by atoms with E-state index in [4.69, 9.17) is 18.9 Å². The first kappa shape index (κ1) is 24.6. The van der Waals surface area contributed by atoms with Gasteiger partial charge in [-0.3, -0.25) is 4.79 Å². The highest BCUT2D eigenvalue weighted by Crippen LogP contribution is 2.31.